The third-order valence-corrected chi connectivity index (χ3v) is 2.63. The van der Waals surface area contributed by atoms with Gasteiger partial charge in [-0.05, 0) is 29.8 Å². The zero-order valence-corrected chi connectivity index (χ0v) is 8.05. The van der Waals surface area contributed by atoms with E-state index in [4.69, 9.17) is 4.74 Å². The van der Waals surface area contributed by atoms with Crippen molar-refractivity contribution in [3.8, 4) is 6.01 Å². The normalized spacial score (nSPS) is 21.5. The number of ether oxygens (including phenoxy) is 1. The van der Waals surface area contributed by atoms with E-state index < -0.39 is 0 Å². The van der Waals surface area contributed by atoms with E-state index in [1.54, 1.807) is 0 Å². The van der Waals surface area contributed by atoms with Gasteiger partial charge in [0.05, 0.1) is 12.2 Å². The van der Waals surface area contributed by atoms with Crippen molar-refractivity contribution < 1.29 is 4.74 Å². The highest BCUT2D eigenvalue weighted by Gasteiger charge is 2.23. The van der Waals surface area contributed by atoms with Gasteiger partial charge in [0.2, 0.25) is 0 Å². The first-order valence-corrected chi connectivity index (χ1v) is 4.37. The Morgan fingerprint density at radius 3 is 3.09 bits per heavy atom. The molecule has 2 rings (SSSR count). The average Bonchev–Trinajstić information content (AvgIpc) is 2.37. The van der Waals surface area contributed by atoms with Crippen molar-refractivity contribution in [2.45, 2.75) is 26.5 Å². The molecule has 1 aromatic rings. The van der Waals surface area contributed by atoms with Crippen LogP contribution in [0, 0.1) is 6.92 Å². The predicted molar refractivity (Wildman–Crippen MR) is 44.8 cm³/mol. The Balaban J connectivity index is 2.48. The summed E-state index contributed by atoms with van der Waals surface area (Å²) in [5.41, 5.74) is 1.14. The van der Waals surface area contributed by atoms with Crippen molar-refractivity contribution in [2.24, 2.45) is 0 Å². The van der Waals surface area contributed by atoms with Gasteiger partial charge in [0.25, 0.3) is 6.01 Å². The van der Waals surface area contributed by atoms with Crippen LogP contribution in [0.3, 0.4) is 0 Å². The number of aromatic nitrogens is 2. The number of imidazole rings is 1. The molecule has 0 fully saturated rings. The second kappa shape index (κ2) is 2.24. The molecule has 0 saturated carbocycles. The highest BCUT2D eigenvalue weighted by molar-refractivity contribution is 9.10. The Hall–Kier alpha value is -0.510. The van der Waals surface area contributed by atoms with Crippen LogP contribution < -0.4 is 4.74 Å². The monoisotopic (exact) mass is 216 g/mol. The van der Waals surface area contributed by atoms with Crippen LogP contribution in [0.15, 0.2) is 4.60 Å². The maximum Gasteiger partial charge on any atom is 0.298 e. The minimum atomic E-state index is 0.268. The lowest BCUT2D eigenvalue weighted by Gasteiger charge is -1.99. The van der Waals surface area contributed by atoms with Gasteiger partial charge in [-0.15, -0.1) is 0 Å². The topological polar surface area (TPSA) is 27.1 Å². The van der Waals surface area contributed by atoms with Gasteiger partial charge in [-0.2, -0.15) is 4.98 Å². The molecule has 1 atom stereocenters. The summed E-state index contributed by atoms with van der Waals surface area (Å²) >= 11 is 3.35. The first kappa shape index (κ1) is 7.16. The smallest absolute Gasteiger partial charge is 0.298 e. The quantitative estimate of drug-likeness (QED) is 0.661. The zero-order chi connectivity index (χ0) is 8.01. The third kappa shape index (κ3) is 0.965. The summed E-state index contributed by atoms with van der Waals surface area (Å²) in [6.07, 6.45) is 0.268. The van der Waals surface area contributed by atoms with Crippen LogP contribution >= 0.6 is 15.9 Å². The Morgan fingerprint density at radius 1 is 1.73 bits per heavy atom. The van der Waals surface area contributed by atoms with Gasteiger partial charge < -0.3 is 4.74 Å². The fraction of sp³-hybridized carbons (Fsp3) is 0.571. The molecule has 0 saturated heterocycles. The molecule has 3 nitrogen and oxygen atoms in total. The number of hydrogen-bond acceptors (Lipinski definition) is 2. The third-order valence-electron chi connectivity index (χ3n) is 1.87. The molecular weight excluding hydrogens is 208 g/mol. The minimum Gasteiger partial charge on any atom is -0.460 e. The fourth-order valence-electron chi connectivity index (χ4n) is 1.26. The van der Waals surface area contributed by atoms with E-state index in [0.717, 1.165) is 22.9 Å². The van der Waals surface area contributed by atoms with Gasteiger partial charge in [-0.1, -0.05) is 0 Å². The summed E-state index contributed by atoms with van der Waals surface area (Å²) in [4.78, 5) is 4.20. The van der Waals surface area contributed by atoms with Crippen LogP contribution in [-0.4, -0.2) is 15.7 Å². The molecule has 0 spiro atoms. The molecule has 4 heteroatoms. The molecule has 0 unspecified atom stereocenters. The SMILES string of the molecule is Cc1c(Br)nc2n1C[C@@H](C)O2. The maximum absolute atomic E-state index is 5.43. The van der Waals surface area contributed by atoms with Crippen molar-refractivity contribution in [1.29, 1.82) is 0 Å². The summed E-state index contributed by atoms with van der Waals surface area (Å²) in [5.74, 6) is 0. The highest BCUT2D eigenvalue weighted by atomic mass is 79.9. The largest absolute Gasteiger partial charge is 0.460 e. The summed E-state index contributed by atoms with van der Waals surface area (Å²) in [7, 11) is 0. The van der Waals surface area contributed by atoms with Crippen molar-refractivity contribution in [2.75, 3.05) is 0 Å². The molecule has 2 heterocycles. The van der Waals surface area contributed by atoms with Gasteiger partial charge in [0.15, 0.2) is 0 Å². The number of halogens is 1. The molecule has 0 bridgehead atoms. The average molecular weight is 217 g/mol. The number of rotatable bonds is 0. The van der Waals surface area contributed by atoms with E-state index >= 15 is 0 Å². The van der Waals surface area contributed by atoms with Gasteiger partial charge >= 0.3 is 0 Å². The van der Waals surface area contributed by atoms with Gasteiger partial charge in [-0.3, -0.25) is 4.57 Å². The fourth-order valence-corrected chi connectivity index (χ4v) is 1.63. The highest BCUT2D eigenvalue weighted by Crippen LogP contribution is 2.27. The molecule has 1 aliphatic rings. The second-order valence-electron chi connectivity index (χ2n) is 2.81. The molecule has 0 aromatic carbocycles. The van der Waals surface area contributed by atoms with Crippen molar-refractivity contribution in [3.63, 3.8) is 0 Å². The Labute approximate surface area is 73.5 Å². The van der Waals surface area contributed by atoms with Crippen LogP contribution in [0.4, 0.5) is 0 Å². The van der Waals surface area contributed by atoms with Gasteiger partial charge in [-0.25, -0.2) is 0 Å². The first-order chi connectivity index (χ1) is 5.18. The molecule has 60 valence electrons. The van der Waals surface area contributed by atoms with E-state index in [-0.39, 0.29) is 6.10 Å². The summed E-state index contributed by atoms with van der Waals surface area (Å²) in [6.45, 7) is 4.99. The Morgan fingerprint density at radius 2 is 2.45 bits per heavy atom. The Kier molecular flexibility index (Phi) is 1.45. The first-order valence-electron chi connectivity index (χ1n) is 3.58. The number of fused-ring (bicyclic) bond motifs is 1. The lowest BCUT2D eigenvalue weighted by atomic mass is 10.4. The summed E-state index contributed by atoms with van der Waals surface area (Å²) < 4.78 is 8.40. The molecular formula is C7H9BrN2O. The second-order valence-corrected chi connectivity index (χ2v) is 3.56. The van der Waals surface area contributed by atoms with E-state index in [2.05, 4.69) is 25.5 Å². The van der Waals surface area contributed by atoms with E-state index in [1.807, 2.05) is 13.8 Å². The molecule has 0 aliphatic carbocycles. The number of nitrogens with zero attached hydrogens (tertiary/aromatic N) is 2. The van der Waals surface area contributed by atoms with Crippen molar-refractivity contribution in [1.82, 2.24) is 9.55 Å². The van der Waals surface area contributed by atoms with Crippen LogP contribution in [0.1, 0.15) is 12.6 Å². The van der Waals surface area contributed by atoms with Gasteiger partial charge in [0, 0.05) is 0 Å². The summed E-state index contributed by atoms with van der Waals surface area (Å²) in [6, 6.07) is 0.738. The van der Waals surface area contributed by atoms with E-state index in [0.29, 0.717) is 0 Å². The van der Waals surface area contributed by atoms with Crippen LogP contribution in [-0.2, 0) is 6.54 Å². The standard InChI is InChI=1S/C7H9BrN2O/c1-4-3-10-5(2)6(8)9-7(10)11-4/h4H,3H2,1-2H3/t4-/m1/s1. The molecule has 1 aromatic heterocycles. The molecule has 0 radical (unpaired) electrons. The Bertz CT molecular complexity index is 295. The minimum absolute atomic E-state index is 0.268. The molecule has 0 N–H and O–H groups in total. The summed E-state index contributed by atoms with van der Waals surface area (Å²) in [5, 5.41) is 0. The zero-order valence-electron chi connectivity index (χ0n) is 6.47. The lowest BCUT2D eigenvalue weighted by molar-refractivity contribution is 0.245. The van der Waals surface area contributed by atoms with Crippen LogP contribution in [0.5, 0.6) is 6.01 Å². The lowest BCUT2D eigenvalue weighted by Crippen LogP contribution is -2.08. The van der Waals surface area contributed by atoms with E-state index in [9.17, 15) is 0 Å². The van der Waals surface area contributed by atoms with Crippen LogP contribution in [0.25, 0.3) is 0 Å². The van der Waals surface area contributed by atoms with Crippen molar-refractivity contribution in [3.05, 3.63) is 10.3 Å². The maximum atomic E-state index is 5.43. The van der Waals surface area contributed by atoms with Gasteiger partial charge in [0.1, 0.15) is 10.7 Å². The number of hydrogen-bond donors (Lipinski definition) is 0. The molecule has 0 amide bonds. The van der Waals surface area contributed by atoms with Crippen LogP contribution in [0.2, 0.25) is 0 Å². The van der Waals surface area contributed by atoms with Crippen molar-refractivity contribution >= 4 is 15.9 Å². The molecule has 11 heavy (non-hydrogen) atoms. The molecule has 1 aliphatic heterocycles. The van der Waals surface area contributed by atoms with E-state index in [1.165, 1.54) is 0 Å². The predicted octanol–water partition coefficient (Wildman–Crippen LogP) is 1.73.